The molecule has 0 spiro atoms. The smallest absolute Gasteiger partial charge is 0.341 e. The number of rotatable bonds is 4. The maximum absolute atomic E-state index is 12.4. The van der Waals surface area contributed by atoms with Crippen molar-refractivity contribution < 1.29 is 31.5 Å². The third-order valence-electron chi connectivity index (χ3n) is 3.40. The quantitative estimate of drug-likeness (QED) is 0.791. The number of hydrogen-bond donors (Lipinski definition) is 0. The van der Waals surface area contributed by atoms with Crippen LogP contribution < -0.4 is 0 Å². The number of carbonyl (C=O) groups is 2. The van der Waals surface area contributed by atoms with Gasteiger partial charge in [0.25, 0.3) is 0 Å². The summed E-state index contributed by atoms with van der Waals surface area (Å²) in [6.45, 7) is 0. The highest BCUT2D eigenvalue weighted by Gasteiger charge is 2.28. The lowest BCUT2D eigenvalue weighted by Gasteiger charge is -2.20. The minimum atomic E-state index is -4.69. The molecule has 0 radical (unpaired) electrons. The number of Topliss-reactive ketones (excluding diaryl/α,β-unsaturated/α-hetero) is 1. The van der Waals surface area contributed by atoms with Crippen LogP contribution in [0.3, 0.4) is 0 Å². The summed E-state index contributed by atoms with van der Waals surface area (Å²) < 4.78 is 52.4. The molecule has 1 fully saturated rings. The van der Waals surface area contributed by atoms with Crippen molar-refractivity contribution in [1.29, 1.82) is 0 Å². The van der Waals surface area contributed by atoms with Gasteiger partial charge in [-0.05, 0) is 43.5 Å². The van der Waals surface area contributed by atoms with Crippen molar-refractivity contribution in [2.24, 2.45) is 0 Å². The summed E-state index contributed by atoms with van der Waals surface area (Å²) in [5.74, 6) is -4.44. The topological polar surface area (TPSA) is 77.5 Å². The van der Waals surface area contributed by atoms with E-state index in [0.29, 0.717) is 12.8 Å². The molecule has 1 aliphatic rings. The second-order valence-corrected chi connectivity index (χ2v) is 6.85. The lowest BCUT2D eigenvalue weighted by molar-refractivity contribution is -0.129. The number of sulfone groups is 1. The summed E-state index contributed by atoms with van der Waals surface area (Å²) in [5, 5.41) is 0. The van der Waals surface area contributed by atoms with Crippen LogP contribution in [0.4, 0.5) is 8.78 Å². The van der Waals surface area contributed by atoms with Crippen LogP contribution in [-0.2, 0) is 19.4 Å². The first kappa shape index (κ1) is 16.5. The van der Waals surface area contributed by atoms with Crippen molar-refractivity contribution >= 4 is 21.6 Å². The first-order chi connectivity index (χ1) is 10.3. The van der Waals surface area contributed by atoms with E-state index in [4.69, 9.17) is 4.74 Å². The molecule has 0 bridgehead atoms. The van der Waals surface area contributed by atoms with Crippen molar-refractivity contribution in [3.63, 3.8) is 0 Å². The van der Waals surface area contributed by atoms with Crippen LogP contribution in [0.1, 0.15) is 36.0 Å². The Kier molecular flexibility index (Phi) is 4.90. The molecule has 0 unspecified atom stereocenters. The van der Waals surface area contributed by atoms with Crippen LogP contribution in [-0.4, -0.2) is 32.0 Å². The van der Waals surface area contributed by atoms with E-state index < -0.39 is 32.6 Å². The minimum Gasteiger partial charge on any atom is -0.451 e. The largest absolute Gasteiger partial charge is 0.451 e. The number of carbonyl (C=O) groups excluding carboxylic acids is 2. The molecule has 0 N–H and O–H groups in total. The lowest BCUT2D eigenvalue weighted by atomic mass is 9.96. The normalized spacial score (nSPS) is 19.2. The van der Waals surface area contributed by atoms with E-state index in [2.05, 4.69) is 0 Å². The zero-order valence-electron chi connectivity index (χ0n) is 11.5. The summed E-state index contributed by atoms with van der Waals surface area (Å²) in [6.07, 6.45) is 1.60. The third kappa shape index (κ3) is 3.49. The highest BCUT2D eigenvalue weighted by Crippen LogP contribution is 2.21. The number of ether oxygens (including phenoxy) is 1. The molecule has 0 saturated heterocycles. The molecule has 5 nitrogen and oxygen atoms in total. The first-order valence-electron chi connectivity index (χ1n) is 6.68. The number of ketones is 1. The standard InChI is InChI=1S/C14H14F2O5S/c15-14(16)22(19,20)10-7-5-9(6-8-10)13(18)21-12-4-2-1-3-11(12)17/h5-8,12,14H,1-4H2/t12-/m1/s1. The predicted molar refractivity (Wildman–Crippen MR) is 72.3 cm³/mol. The zero-order chi connectivity index (χ0) is 16.3. The molecule has 0 aromatic heterocycles. The van der Waals surface area contributed by atoms with E-state index in [1.165, 1.54) is 0 Å². The highest BCUT2D eigenvalue weighted by atomic mass is 32.2. The van der Waals surface area contributed by atoms with Gasteiger partial charge in [0.05, 0.1) is 10.5 Å². The molecule has 1 aromatic carbocycles. The van der Waals surface area contributed by atoms with Gasteiger partial charge in [-0.2, -0.15) is 8.78 Å². The second-order valence-electron chi connectivity index (χ2n) is 4.94. The average molecular weight is 332 g/mol. The summed E-state index contributed by atoms with van der Waals surface area (Å²) in [7, 11) is -4.69. The van der Waals surface area contributed by atoms with E-state index in [1.54, 1.807) is 0 Å². The Balaban J connectivity index is 2.10. The van der Waals surface area contributed by atoms with E-state index in [0.717, 1.165) is 37.1 Å². The van der Waals surface area contributed by atoms with Gasteiger partial charge in [-0.3, -0.25) is 4.79 Å². The molecule has 1 saturated carbocycles. The highest BCUT2D eigenvalue weighted by molar-refractivity contribution is 7.91. The van der Waals surface area contributed by atoms with Crippen molar-refractivity contribution in [2.75, 3.05) is 0 Å². The van der Waals surface area contributed by atoms with Gasteiger partial charge in [-0.1, -0.05) is 0 Å². The molecular weight excluding hydrogens is 318 g/mol. The number of alkyl halides is 2. The van der Waals surface area contributed by atoms with Crippen LogP contribution in [0, 0.1) is 0 Å². The molecule has 1 aliphatic carbocycles. The van der Waals surface area contributed by atoms with Crippen molar-refractivity contribution in [3.8, 4) is 0 Å². The van der Waals surface area contributed by atoms with Crippen molar-refractivity contribution in [1.82, 2.24) is 0 Å². The number of halogens is 2. The third-order valence-corrected chi connectivity index (χ3v) is 4.80. The Labute approximate surface area is 126 Å². The summed E-state index contributed by atoms with van der Waals surface area (Å²) in [6, 6.07) is 4.01. The molecule has 0 amide bonds. The average Bonchev–Trinajstić information content (AvgIpc) is 2.49. The fourth-order valence-electron chi connectivity index (χ4n) is 2.16. The lowest BCUT2D eigenvalue weighted by Crippen LogP contribution is -2.30. The van der Waals surface area contributed by atoms with Crippen molar-refractivity contribution in [2.45, 2.75) is 42.4 Å². The van der Waals surface area contributed by atoms with E-state index >= 15 is 0 Å². The number of esters is 1. The van der Waals surface area contributed by atoms with Gasteiger partial charge in [0, 0.05) is 6.42 Å². The molecule has 0 heterocycles. The molecule has 2 rings (SSSR count). The Morgan fingerprint density at radius 1 is 1.18 bits per heavy atom. The van der Waals surface area contributed by atoms with Gasteiger partial charge < -0.3 is 4.74 Å². The molecule has 0 aliphatic heterocycles. The van der Waals surface area contributed by atoms with E-state index in [-0.39, 0.29) is 11.3 Å². The molecule has 22 heavy (non-hydrogen) atoms. The molecule has 8 heteroatoms. The molecule has 120 valence electrons. The van der Waals surface area contributed by atoms with Gasteiger partial charge in [0.2, 0.25) is 9.84 Å². The van der Waals surface area contributed by atoms with E-state index in [9.17, 15) is 26.8 Å². The fraction of sp³-hybridized carbons (Fsp3) is 0.429. The van der Waals surface area contributed by atoms with Crippen LogP contribution in [0.5, 0.6) is 0 Å². The van der Waals surface area contributed by atoms with Gasteiger partial charge in [-0.15, -0.1) is 0 Å². The zero-order valence-corrected chi connectivity index (χ0v) is 12.3. The van der Waals surface area contributed by atoms with Gasteiger partial charge in [-0.25, -0.2) is 13.2 Å². The van der Waals surface area contributed by atoms with Gasteiger partial charge >= 0.3 is 11.7 Å². The van der Waals surface area contributed by atoms with Crippen LogP contribution >= 0.6 is 0 Å². The molecule has 1 aromatic rings. The Bertz CT molecular complexity index is 667. The molecular formula is C14H14F2O5S. The maximum atomic E-state index is 12.4. The summed E-state index contributed by atoms with van der Waals surface area (Å²) in [4.78, 5) is 22.9. The van der Waals surface area contributed by atoms with E-state index in [1.807, 2.05) is 0 Å². The minimum absolute atomic E-state index is 0.00610. The number of hydrogen-bond acceptors (Lipinski definition) is 5. The summed E-state index contributed by atoms with van der Waals surface area (Å²) >= 11 is 0. The first-order valence-corrected chi connectivity index (χ1v) is 8.23. The Morgan fingerprint density at radius 2 is 1.82 bits per heavy atom. The van der Waals surface area contributed by atoms with Crippen LogP contribution in [0.2, 0.25) is 0 Å². The molecule has 1 atom stereocenters. The Hall–Kier alpha value is -1.83. The van der Waals surface area contributed by atoms with Gasteiger partial charge in [0.15, 0.2) is 11.9 Å². The van der Waals surface area contributed by atoms with Crippen LogP contribution in [0.15, 0.2) is 29.2 Å². The SMILES string of the molecule is O=C(O[C@@H]1CCCCC1=O)c1ccc(S(=O)(=O)C(F)F)cc1. The number of benzene rings is 1. The Morgan fingerprint density at radius 3 is 2.36 bits per heavy atom. The predicted octanol–water partition coefficient (Wildman–Crippen LogP) is 2.35. The monoisotopic (exact) mass is 332 g/mol. The van der Waals surface area contributed by atoms with Gasteiger partial charge in [0.1, 0.15) is 0 Å². The maximum Gasteiger partial charge on any atom is 0.341 e. The summed E-state index contributed by atoms with van der Waals surface area (Å²) in [5.41, 5.74) is 0.00610. The second kappa shape index (κ2) is 6.51. The fourth-order valence-corrected chi connectivity index (χ4v) is 2.88. The van der Waals surface area contributed by atoms with Crippen molar-refractivity contribution in [3.05, 3.63) is 29.8 Å². The van der Waals surface area contributed by atoms with Crippen LogP contribution in [0.25, 0.3) is 0 Å².